The highest BCUT2D eigenvalue weighted by Gasteiger charge is 2.23. The van der Waals surface area contributed by atoms with Crippen molar-refractivity contribution >= 4 is 97.7 Å². The van der Waals surface area contributed by atoms with Gasteiger partial charge in [-0.1, -0.05) is 176 Å². The molecule has 0 atom stereocenters. The second-order valence-electron chi connectivity index (χ2n) is 18.1. The molecule has 0 fully saturated rings. The van der Waals surface area contributed by atoms with Crippen LogP contribution >= 0.6 is 0 Å². The summed E-state index contributed by atoms with van der Waals surface area (Å²) in [5.41, 5.74) is 12.8. The minimum absolute atomic E-state index is 0.622. The minimum Gasteiger partial charge on any atom is -0.309 e. The number of para-hydroxylation sites is 3. The van der Waals surface area contributed by atoms with E-state index in [4.69, 9.17) is 9.97 Å². The Labute approximate surface area is 396 Å². The Morgan fingerprint density at radius 1 is 0.246 bits per heavy atom. The largest absolute Gasteiger partial charge is 0.309 e. The number of benzene rings is 11. The van der Waals surface area contributed by atoms with Crippen LogP contribution in [0.25, 0.3) is 138 Å². The van der Waals surface area contributed by atoms with Crippen molar-refractivity contribution in [1.82, 2.24) is 23.7 Å². The fraction of sp³-hybridized carbons (Fsp3) is 0. The summed E-state index contributed by atoms with van der Waals surface area (Å²) < 4.78 is 7.16. The zero-order valence-electron chi connectivity index (χ0n) is 37.3. The van der Waals surface area contributed by atoms with Gasteiger partial charge in [-0.25, -0.2) is 9.97 Å². The van der Waals surface area contributed by atoms with Gasteiger partial charge in [0, 0.05) is 54.8 Å². The highest BCUT2D eigenvalue weighted by atomic mass is 15.2. The van der Waals surface area contributed by atoms with Gasteiger partial charge in [0.2, 0.25) is 5.95 Å². The molecule has 15 aromatic rings. The fourth-order valence-corrected chi connectivity index (χ4v) is 11.4. The molecule has 0 spiro atoms. The summed E-state index contributed by atoms with van der Waals surface area (Å²) in [5.74, 6) is 0.622. The Morgan fingerprint density at radius 3 is 1.28 bits per heavy atom. The van der Waals surface area contributed by atoms with Crippen molar-refractivity contribution in [2.24, 2.45) is 0 Å². The molecule has 0 aliphatic carbocycles. The summed E-state index contributed by atoms with van der Waals surface area (Å²) >= 11 is 0. The van der Waals surface area contributed by atoms with Crippen LogP contribution in [-0.2, 0) is 0 Å². The molecule has 320 valence electrons. The minimum atomic E-state index is 0.622. The van der Waals surface area contributed by atoms with Crippen LogP contribution in [0, 0.1) is 0 Å². The number of hydrogen-bond donors (Lipinski definition) is 0. The molecule has 4 aromatic heterocycles. The highest BCUT2D eigenvalue weighted by molar-refractivity contribution is 6.29. The SMILES string of the molecule is c1ccc2cc(-n3c4ccccc4c4c5c6ccccc6n(-c6ccc7c8ccccc8n(-c8nc(-c9cccc%10ccccc9%10)cc(-c9cccc%10ccccc9%10)n8)c7c6)c5ccc43)ccc2c1. The molecule has 0 amide bonds. The first-order chi connectivity index (χ1) is 34.2. The average molecular weight is 878 g/mol. The maximum Gasteiger partial charge on any atom is 0.235 e. The Hall–Kier alpha value is -9.32. The lowest BCUT2D eigenvalue weighted by atomic mass is 9.99. The maximum atomic E-state index is 5.54. The summed E-state index contributed by atoms with van der Waals surface area (Å²) in [5, 5.41) is 14.3. The number of nitrogens with zero attached hydrogens (tertiary/aromatic N) is 5. The molecule has 15 rings (SSSR count). The smallest absolute Gasteiger partial charge is 0.235 e. The lowest BCUT2D eigenvalue weighted by Crippen LogP contribution is -2.04. The Kier molecular flexibility index (Phi) is 8.00. The molecule has 5 heteroatoms. The van der Waals surface area contributed by atoms with E-state index in [-0.39, 0.29) is 0 Å². The molecule has 0 radical (unpaired) electrons. The van der Waals surface area contributed by atoms with Gasteiger partial charge in [-0.15, -0.1) is 0 Å². The highest BCUT2D eigenvalue weighted by Crippen LogP contribution is 2.44. The van der Waals surface area contributed by atoms with Gasteiger partial charge < -0.3 is 9.13 Å². The van der Waals surface area contributed by atoms with Crippen molar-refractivity contribution in [1.29, 1.82) is 0 Å². The third kappa shape index (κ3) is 5.59. The molecule has 0 unspecified atom stereocenters. The summed E-state index contributed by atoms with van der Waals surface area (Å²) in [6.07, 6.45) is 0. The summed E-state index contributed by atoms with van der Waals surface area (Å²) in [4.78, 5) is 11.1. The third-order valence-electron chi connectivity index (χ3n) is 14.4. The molecule has 0 N–H and O–H groups in total. The van der Waals surface area contributed by atoms with Crippen molar-refractivity contribution < 1.29 is 0 Å². The van der Waals surface area contributed by atoms with Crippen molar-refractivity contribution in [3.8, 4) is 39.8 Å². The number of hydrogen-bond acceptors (Lipinski definition) is 2. The van der Waals surface area contributed by atoms with Gasteiger partial charge in [0.05, 0.1) is 44.5 Å². The van der Waals surface area contributed by atoms with E-state index >= 15 is 0 Å². The molecule has 11 aromatic carbocycles. The maximum absolute atomic E-state index is 5.54. The molecular formula is C64H39N5. The van der Waals surface area contributed by atoms with E-state index in [1.807, 2.05) is 0 Å². The zero-order chi connectivity index (χ0) is 45.2. The monoisotopic (exact) mass is 877 g/mol. The van der Waals surface area contributed by atoms with Gasteiger partial charge in [-0.2, -0.15) is 0 Å². The molecule has 0 aliphatic heterocycles. The molecule has 0 saturated heterocycles. The number of rotatable bonds is 5. The van der Waals surface area contributed by atoms with Crippen LogP contribution in [0.5, 0.6) is 0 Å². The number of aromatic nitrogens is 5. The zero-order valence-corrected chi connectivity index (χ0v) is 37.3. The van der Waals surface area contributed by atoms with Crippen molar-refractivity contribution in [2.75, 3.05) is 0 Å². The molecule has 0 aliphatic rings. The predicted octanol–water partition coefficient (Wildman–Crippen LogP) is 16.6. The van der Waals surface area contributed by atoms with Crippen LogP contribution in [0.4, 0.5) is 0 Å². The second kappa shape index (κ2) is 14.6. The van der Waals surface area contributed by atoms with Crippen molar-refractivity contribution in [3.63, 3.8) is 0 Å². The van der Waals surface area contributed by atoms with E-state index in [1.165, 1.54) is 54.1 Å². The first kappa shape index (κ1) is 37.9. The molecule has 5 nitrogen and oxygen atoms in total. The Morgan fingerprint density at radius 2 is 0.681 bits per heavy atom. The van der Waals surface area contributed by atoms with Gasteiger partial charge >= 0.3 is 0 Å². The van der Waals surface area contributed by atoms with E-state index in [0.717, 1.165) is 77.5 Å². The second-order valence-corrected chi connectivity index (χ2v) is 18.1. The van der Waals surface area contributed by atoms with E-state index in [2.05, 4.69) is 250 Å². The fourth-order valence-electron chi connectivity index (χ4n) is 11.4. The van der Waals surface area contributed by atoms with Crippen LogP contribution in [0.3, 0.4) is 0 Å². The quantitative estimate of drug-likeness (QED) is 0.173. The molecule has 0 saturated carbocycles. The first-order valence-electron chi connectivity index (χ1n) is 23.6. The molecule has 69 heavy (non-hydrogen) atoms. The van der Waals surface area contributed by atoms with Gasteiger partial charge in [0.1, 0.15) is 0 Å². The van der Waals surface area contributed by atoms with Gasteiger partial charge in [-0.3, -0.25) is 4.57 Å². The number of fused-ring (bicyclic) bond motifs is 13. The van der Waals surface area contributed by atoms with E-state index < -0.39 is 0 Å². The van der Waals surface area contributed by atoms with Gasteiger partial charge in [-0.05, 0) is 93.0 Å². The van der Waals surface area contributed by atoms with E-state index in [9.17, 15) is 0 Å². The van der Waals surface area contributed by atoms with E-state index in [0.29, 0.717) is 5.95 Å². The van der Waals surface area contributed by atoms with Crippen molar-refractivity contribution in [2.45, 2.75) is 0 Å². The third-order valence-corrected chi connectivity index (χ3v) is 14.4. The normalized spacial score (nSPS) is 12.1. The van der Waals surface area contributed by atoms with E-state index in [1.54, 1.807) is 0 Å². The molecular weight excluding hydrogens is 839 g/mol. The van der Waals surface area contributed by atoms with Crippen LogP contribution < -0.4 is 0 Å². The standard InChI is InChI=1S/C64H39N5/c1-2-18-43-37-44(32-31-40(43)15-1)67-57-29-11-8-24-52(57)62-59(67)35-36-60-63(62)53-25-9-12-30-58(53)68(60)45-33-34-51-50-23-7-10-28-56(50)69(61(51)38-45)64-65-54(48-26-13-19-41-16-3-5-21-46(41)48)39-55(66-64)49-27-14-20-42-17-4-6-22-47(42)49/h1-39H. The van der Waals surface area contributed by atoms with Crippen LogP contribution in [0.1, 0.15) is 0 Å². The molecule has 0 bridgehead atoms. The molecule has 4 heterocycles. The lowest BCUT2D eigenvalue weighted by molar-refractivity contribution is 0.995. The summed E-state index contributed by atoms with van der Waals surface area (Å²) in [6, 6.07) is 85.6. The Balaban J connectivity index is 1.00. The van der Waals surface area contributed by atoms with Crippen LogP contribution in [0.15, 0.2) is 237 Å². The van der Waals surface area contributed by atoms with Gasteiger partial charge in [0.15, 0.2) is 0 Å². The topological polar surface area (TPSA) is 40.6 Å². The first-order valence-corrected chi connectivity index (χ1v) is 23.6. The van der Waals surface area contributed by atoms with Crippen molar-refractivity contribution in [3.05, 3.63) is 237 Å². The van der Waals surface area contributed by atoms with Gasteiger partial charge in [0.25, 0.3) is 0 Å². The Bertz CT molecular complexity index is 4520. The average Bonchev–Trinajstić information content (AvgIpc) is 4.05. The summed E-state index contributed by atoms with van der Waals surface area (Å²) in [7, 11) is 0. The predicted molar refractivity (Wildman–Crippen MR) is 288 cm³/mol. The van der Waals surface area contributed by atoms with Crippen LogP contribution in [-0.4, -0.2) is 23.7 Å². The lowest BCUT2D eigenvalue weighted by Gasteiger charge is -2.14. The summed E-state index contributed by atoms with van der Waals surface area (Å²) in [6.45, 7) is 0. The van der Waals surface area contributed by atoms with Crippen LogP contribution in [0.2, 0.25) is 0 Å².